The van der Waals surface area contributed by atoms with E-state index in [2.05, 4.69) is 39.8 Å². The van der Waals surface area contributed by atoms with Gasteiger partial charge in [-0.25, -0.2) is 0 Å². The molecule has 0 aliphatic carbocycles. The average Bonchev–Trinajstić information content (AvgIpc) is 1.94. The predicted molar refractivity (Wildman–Crippen MR) is 57.4 cm³/mol. The maximum atomic E-state index is 2.31. The van der Waals surface area contributed by atoms with Gasteiger partial charge in [0.2, 0.25) is 0 Å². The summed E-state index contributed by atoms with van der Waals surface area (Å²) in [4.78, 5) is 0. The van der Waals surface area contributed by atoms with Crippen molar-refractivity contribution in [1.82, 2.24) is 0 Å². The van der Waals surface area contributed by atoms with Gasteiger partial charge in [0.1, 0.15) is 0 Å². The lowest BCUT2D eigenvalue weighted by Crippen LogP contribution is -2.03. The van der Waals surface area contributed by atoms with Gasteiger partial charge >= 0.3 is 0 Å². The zero-order valence-electron chi connectivity index (χ0n) is 9.19. The lowest BCUT2D eigenvalue weighted by Gasteiger charge is -2.16. The van der Waals surface area contributed by atoms with Crippen LogP contribution in [0.15, 0.2) is 12.2 Å². The van der Waals surface area contributed by atoms with Crippen LogP contribution in [0.4, 0.5) is 0 Å². The summed E-state index contributed by atoms with van der Waals surface area (Å²) in [7, 11) is 0. The van der Waals surface area contributed by atoms with E-state index in [-0.39, 0.29) is 0 Å². The van der Waals surface area contributed by atoms with E-state index in [0.717, 1.165) is 0 Å². The van der Waals surface area contributed by atoms with Gasteiger partial charge in [0.15, 0.2) is 0 Å². The second-order valence-electron chi connectivity index (χ2n) is 4.69. The molecule has 0 aromatic heterocycles. The second kappa shape index (κ2) is 6.28. The first-order chi connectivity index (χ1) is 5.56. The molecule has 72 valence electrons. The van der Waals surface area contributed by atoms with Crippen LogP contribution in [0.3, 0.4) is 0 Å². The fourth-order valence-electron chi connectivity index (χ4n) is 1.20. The Balaban J connectivity index is 3.17. The molecule has 0 heterocycles. The molecule has 0 radical (unpaired) electrons. The molecule has 0 spiro atoms. The molecule has 0 rings (SSSR count). The van der Waals surface area contributed by atoms with E-state index in [0.29, 0.717) is 5.41 Å². The molecule has 0 saturated carbocycles. The molecule has 0 atom stereocenters. The van der Waals surface area contributed by atoms with Crippen molar-refractivity contribution in [3.8, 4) is 0 Å². The lowest BCUT2D eigenvalue weighted by molar-refractivity contribution is 0.361. The quantitative estimate of drug-likeness (QED) is 0.417. The summed E-state index contributed by atoms with van der Waals surface area (Å²) < 4.78 is 0. The van der Waals surface area contributed by atoms with Gasteiger partial charge in [0, 0.05) is 0 Å². The van der Waals surface area contributed by atoms with Crippen LogP contribution in [0.2, 0.25) is 0 Å². The zero-order chi connectivity index (χ0) is 9.45. The number of hydrogen-bond donors (Lipinski definition) is 0. The number of hydrogen-bond acceptors (Lipinski definition) is 0. The molecule has 0 aromatic carbocycles. The Bertz CT molecular complexity index is 114. The maximum Gasteiger partial charge on any atom is -0.0351 e. The monoisotopic (exact) mass is 168 g/mol. The summed E-state index contributed by atoms with van der Waals surface area (Å²) in [5, 5.41) is 0. The van der Waals surface area contributed by atoms with E-state index < -0.39 is 0 Å². The first kappa shape index (κ1) is 11.7. The highest BCUT2D eigenvalue weighted by molar-refractivity contribution is 4.79. The highest BCUT2D eigenvalue weighted by atomic mass is 14.1. The van der Waals surface area contributed by atoms with Gasteiger partial charge in [0.25, 0.3) is 0 Å². The zero-order valence-corrected chi connectivity index (χ0v) is 9.19. The van der Waals surface area contributed by atoms with Crippen LogP contribution in [-0.2, 0) is 0 Å². The molecule has 12 heavy (non-hydrogen) atoms. The number of unbranched alkanes of at least 4 members (excludes halogenated alkanes) is 2. The van der Waals surface area contributed by atoms with E-state index in [9.17, 15) is 0 Å². The Hall–Kier alpha value is -0.260. The van der Waals surface area contributed by atoms with Gasteiger partial charge in [-0.3, -0.25) is 0 Å². The van der Waals surface area contributed by atoms with Crippen LogP contribution in [-0.4, -0.2) is 0 Å². The van der Waals surface area contributed by atoms with Crippen molar-refractivity contribution in [3.63, 3.8) is 0 Å². The third-order valence-electron chi connectivity index (χ3n) is 1.95. The minimum Gasteiger partial charge on any atom is -0.0888 e. The van der Waals surface area contributed by atoms with Crippen LogP contribution in [0.5, 0.6) is 0 Å². The van der Waals surface area contributed by atoms with Gasteiger partial charge < -0.3 is 0 Å². The molecular formula is C12H24. The van der Waals surface area contributed by atoms with E-state index in [4.69, 9.17) is 0 Å². The summed E-state index contributed by atoms with van der Waals surface area (Å²) in [6.07, 6.45) is 11.1. The maximum absolute atomic E-state index is 2.31. The minimum absolute atomic E-state index is 0.522. The molecule has 0 nitrogen and oxygen atoms in total. The Labute approximate surface area is 78.1 Å². The topological polar surface area (TPSA) is 0 Å². The Morgan fingerprint density at radius 2 is 1.67 bits per heavy atom. The highest BCUT2D eigenvalue weighted by Crippen LogP contribution is 2.21. The van der Waals surface area contributed by atoms with Gasteiger partial charge in [0.05, 0.1) is 0 Å². The third kappa shape index (κ3) is 9.74. The molecule has 0 fully saturated rings. The Kier molecular flexibility index (Phi) is 6.14. The summed E-state index contributed by atoms with van der Waals surface area (Å²) in [5.41, 5.74) is 0.522. The number of allylic oxidation sites excluding steroid dienone is 2. The smallest absolute Gasteiger partial charge is 0.0351 e. The minimum atomic E-state index is 0.522. The van der Waals surface area contributed by atoms with E-state index in [1.807, 2.05) is 0 Å². The van der Waals surface area contributed by atoms with E-state index >= 15 is 0 Å². The predicted octanol–water partition coefficient (Wildman–Crippen LogP) is 4.56. The molecule has 0 aliphatic heterocycles. The van der Waals surface area contributed by atoms with E-state index in [1.165, 1.54) is 32.1 Å². The van der Waals surface area contributed by atoms with Crippen LogP contribution in [0, 0.1) is 5.41 Å². The van der Waals surface area contributed by atoms with Crippen molar-refractivity contribution in [3.05, 3.63) is 12.2 Å². The van der Waals surface area contributed by atoms with Crippen LogP contribution in [0.1, 0.15) is 59.8 Å². The van der Waals surface area contributed by atoms with Crippen molar-refractivity contribution < 1.29 is 0 Å². The van der Waals surface area contributed by atoms with Gasteiger partial charge in [-0.05, 0) is 31.1 Å². The first-order valence-corrected chi connectivity index (χ1v) is 5.21. The third-order valence-corrected chi connectivity index (χ3v) is 1.95. The Morgan fingerprint density at radius 3 is 2.17 bits per heavy atom. The fourth-order valence-corrected chi connectivity index (χ4v) is 1.20. The molecule has 0 aromatic rings. The highest BCUT2D eigenvalue weighted by Gasteiger charge is 2.07. The average molecular weight is 168 g/mol. The molecular weight excluding hydrogens is 144 g/mol. The van der Waals surface area contributed by atoms with Gasteiger partial charge in [-0.1, -0.05) is 46.3 Å². The molecule has 0 amide bonds. The van der Waals surface area contributed by atoms with Crippen molar-refractivity contribution >= 4 is 0 Å². The molecule has 0 N–H and O–H groups in total. The van der Waals surface area contributed by atoms with Crippen molar-refractivity contribution in [2.24, 2.45) is 5.41 Å². The molecule has 0 bridgehead atoms. The second-order valence-corrected chi connectivity index (χ2v) is 4.69. The summed E-state index contributed by atoms with van der Waals surface area (Å²) in [6, 6.07) is 0. The fraction of sp³-hybridized carbons (Fsp3) is 0.833. The number of rotatable bonds is 5. The van der Waals surface area contributed by atoms with Crippen molar-refractivity contribution in [1.29, 1.82) is 0 Å². The molecule has 0 heteroatoms. The Morgan fingerprint density at radius 1 is 1.00 bits per heavy atom. The summed E-state index contributed by atoms with van der Waals surface area (Å²) in [6.45, 7) is 9.13. The molecule has 0 unspecified atom stereocenters. The SMILES string of the molecule is CC/C=C\CCCCC(C)(C)C. The summed E-state index contributed by atoms with van der Waals surface area (Å²) in [5.74, 6) is 0. The largest absolute Gasteiger partial charge is 0.0888 e. The van der Waals surface area contributed by atoms with Crippen molar-refractivity contribution in [2.45, 2.75) is 59.8 Å². The van der Waals surface area contributed by atoms with Crippen LogP contribution >= 0.6 is 0 Å². The first-order valence-electron chi connectivity index (χ1n) is 5.21. The standard InChI is InChI=1S/C12H24/c1-5-6-7-8-9-10-11-12(2,3)4/h6-7H,5,8-11H2,1-4H3/b7-6-. The van der Waals surface area contributed by atoms with Gasteiger partial charge in [-0.2, -0.15) is 0 Å². The van der Waals surface area contributed by atoms with E-state index in [1.54, 1.807) is 0 Å². The normalized spacial score (nSPS) is 12.7. The van der Waals surface area contributed by atoms with Crippen LogP contribution in [0.25, 0.3) is 0 Å². The molecule has 0 saturated heterocycles. The van der Waals surface area contributed by atoms with Crippen molar-refractivity contribution in [2.75, 3.05) is 0 Å². The van der Waals surface area contributed by atoms with Crippen LogP contribution < -0.4 is 0 Å². The van der Waals surface area contributed by atoms with Gasteiger partial charge in [-0.15, -0.1) is 0 Å². The lowest BCUT2D eigenvalue weighted by atomic mass is 9.89. The summed E-state index contributed by atoms with van der Waals surface area (Å²) >= 11 is 0. The molecule has 0 aliphatic rings.